The van der Waals surface area contributed by atoms with E-state index in [9.17, 15) is 15.3 Å². The monoisotopic (exact) mass is 393 g/mol. The lowest BCUT2D eigenvalue weighted by molar-refractivity contribution is -0.0325. The van der Waals surface area contributed by atoms with E-state index in [1.165, 1.54) is 0 Å². The lowest BCUT2D eigenvalue weighted by Gasteiger charge is -2.39. The zero-order valence-corrected chi connectivity index (χ0v) is 16.1. The van der Waals surface area contributed by atoms with Crippen LogP contribution in [0, 0.1) is 0 Å². The smallest absolute Gasteiger partial charge is 0.119 e. The van der Waals surface area contributed by atoms with Crippen molar-refractivity contribution in [2.24, 2.45) is 0 Å². The van der Waals surface area contributed by atoms with Gasteiger partial charge in [0.25, 0.3) is 0 Å². The maximum atomic E-state index is 10.8. The number of hydrogen-bond acceptors (Lipinski definition) is 5. The third-order valence-corrected chi connectivity index (χ3v) is 4.91. The Balaban J connectivity index is 0.00000261. The van der Waals surface area contributed by atoms with E-state index < -0.39 is 11.7 Å². The van der Waals surface area contributed by atoms with Crippen LogP contribution in [0.3, 0.4) is 0 Å². The minimum Gasteiger partial charge on any atom is -0.508 e. The molecule has 0 aromatic heterocycles. The van der Waals surface area contributed by atoms with Crippen molar-refractivity contribution in [3.8, 4) is 11.5 Å². The van der Waals surface area contributed by atoms with Crippen LogP contribution < -0.4 is 4.74 Å². The first-order chi connectivity index (χ1) is 12.5. The van der Waals surface area contributed by atoms with Crippen LogP contribution in [0.2, 0.25) is 0 Å². The molecule has 1 heterocycles. The van der Waals surface area contributed by atoms with Gasteiger partial charge < -0.3 is 25.0 Å². The normalized spacial score (nSPS) is 17.7. The summed E-state index contributed by atoms with van der Waals surface area (Å²) in [7, 11) is 0. The van der Waals surface area contributed by atoms with Crippen molar-refractivity contribution < 1.29 is 20.1 Å². The number of ether oxygens (including phenoxy) is 1. The van der Waals surface area contributed by atoms with Gasteiger partial charge in [-0.15, -0.1) is 12.4 Å². The van der Waals surface area contributed by atoms with Gasteiger partial charge in [0.2, 0.25) is 0 Å². The Labute approximate surface area is 166 Å². The van der Waals surface area contributed by atoms with Crippen LogP contribution in [0.5, 0.6) is 11.5 Å². The molecule has 148 valence electrons. The quantitative estimate of drug-likeness (QED) is 0.674. The molecular weight excluding hydrogens is 366 g/mol. The number of aliphatic hydroxyl groups excluding tert-OH is 1. The first-order valence-corrected chi connectivity index (χ1v) is 9.11. The van der Waals surface area contributed by atoms with Gasteiger partial charge in [0.05, 0.1) is 5.60 Å². The topological polar surface area (TPSA) is 73.2 Å². The van der Waals surface area contributed by atoms with Crippen LogP contribution in [0.25, 0.3) is 0 Å². The highest BCUT2D eigenvalue weighted by atomic mass is 35.5. The fourth-order valence-corrected chi connectivity index (χ4v) is 3.39. The summed E-state index contributed by atoms with van der Waals surface area (Å²) in [4.78, 5) is 2.17. The largest absolute Gasteiger partial charge is 0.508 e. The Hall–Kier alpha value is -1.79. The minimum absolute atomic E-state index is 0. The highest BCUT2D eigenvalue weighted by molar-refractivity contribution is 5.85. The second kappa shape index (κ2) is 9.95. The summed E-state index contributed by atoms with van der Waals surface area (Å²) in [5.41, 5.74) is 0.497. The summed E-state index contributed by atoms with van der Waals surface area (Å²) >= 11 is 0. The Morgan fingerprint density at radius 2 is 1.63 bits per heavy atom. The molecule has 0 bridgehead atoms. The molecular formula is C21H28ClNO4. The summed E-state index contributed by atoms with van der Waals surface area (Å²) in [6, 6.07) is 16.5. The summed E-state index contributed by atoms with van der Waals surface area (Å²) < 4.78 is 5.55. The highest BCUT2D eigenvalue weighted by Gasteiger charge is 2.32. The predicted octanol–water partition coefficient (Wildman–Crippen LogP) is 2.62. The number of halogens is 1. The number of aliphatic hydroxyl groups is 2. The fourth-order valence-electron chi connectivity index (χ4n) is 3.39. The van der Waals surface area contributed by atoms with Crippen molar-refractivity contribution >= 4 is 12.4 Å². The summed E-state index contributed by atoms with van der Waals surface area (Å²) in [6.45, 7) is 2.26. The van der Waals surface area contributed by atoms with Crippen molar-refractivity contribution in [3.05, 3.63) is 60.2 Å². The van der Waals surface area contributed by atoms with Crippen LogP contribution in [0.1, 0.15) is 18.4 Å². The molecule has 1 atom stereocenters. The van der Waals surface area contributed by atoms with Gasteiger partial charge in [-0.05, 0) is 42.7 Å². The molecule has 0 saturated carbocycles. The van der Waals surface area contributed by atoms with Gasteiger partial charge in [-0.1, -0.05) is 30.3 Å². The molecule has 0 aliphatic carbocycles. The van der Waals surface area contributed by atoms with Crippen molar-refractivity contribution in [2.45, 2.75) is 31.0 Å². The van der Waals surface area contributed by atoms with E-state index in [1.54, 1.807) is 24.3 Å². The summed E-state index contributed by atoms with van der Waals surface area (Å²) in [5.74, 6) is 0.812. The molecule has 1 aliphatic rings. The SMILES string of the molecule is Cl.Oc1ccc(OC[C@@H](O)CN2CCC(O)(Cc3ccccc3)CC2)cc1. The van der Waals surface area contributed by atoms with Crippen LogP contribution in [-0.2, 0) is 6.42 Å². The zero-order valence-electron chi connectivity index (χ0n) is 15.3. The lowest BCUT2D eigenvalue weighted by atomic mass is 9.85. The Morgan fingerprint density at radius 3 is 2.26 bits per heavy atom. The van der Waals surface area contributed by atoms with E-state index in [0.29, 0.717) is 31.6 Å². The number of β-amino-alcohol motifs (C(OH)–C–C–N with tert-alkyl or cyclic N) is 1. The minimum atomic E-state index is -0.661. The molecule has 2 aromatic rings. The fraction of sp³-hybridized carbons (Fsp3) is 0.429. The first kappa shape index (κ1) is 21.5. The van der Waals surface area contributed by atoms with Gasteiger partial charge in [-0.2, -0.15) is 0 Å². The van der Waals surface area contributed by atoms with Gasteiger partial charge >= 0.3 is 0 Å². The van der Waals surface area contributed by atoms with Crippen molar-refractivity contribution in [1.82, 2.24) is 4.90 Å². The maximum Gasteiger partial charge on any atom is 0.119 e. The molecule has 6 heteroatoms. The number of phenols is 1. The third kappa shape index (κ3) is 6.70. The Bertz CT molecular complexity index is 672. The molecule has 0 unspecified atom stereocenters. The second-order valence-corrected chi connectivity index (χ2v) is 7.15. The number of hydrogen-bond donors (Lipinski definition) is 3. The molecule has 3 rings (SSSR count). The van der Waals surface area contributed by atoms with Gasteiger partial charge in [0.1, 0.15) is 24.2 Å². The van der Waals surface area contributed by atoms with E-state index >= 15 is 0 Å². The zero-order chi connectivity index (χ0) is 18.4. The second-order valence-electron chi connectivity index (χ2n) is 7.15. The molecule has 0 radical (unpaired) electrons. The van der Waals surface area contributed by atoms with Crippen molar-refractivity contribution in [1.29, 1.82) is 0 Å². The first-order valence-electron chi connectivity index (χ1n) is 9.11. The van der Waals surface area contributed by atoms with Gasteiger partial charge in [-0.25, -0.2) is 0 Å². The molecule has 1 fully saturated rings. The van der Waals surface area contributed by atoms with Gasteiger partial charge in [0.15, 0.2) is 0 Å². The molecule has 0 amide bonds. The van der Waals surface area contributed by atoms with Gasteiger partial charge in [0, 0.05) is 26.1 Å². The van der Waals surface area contributed by atoms with E-state index in [4.69, 9.17) is 4.74 Å². The highest BCUT2D eigenvalue weighted by Crippen LogP contribution is 2.26. The van der Waals surface area contributed by atoms with E-state index in [1.807, 2.05) is 18.2 Å². The number of phenolic OH excluding ortho intramolecular Hbond substituents is 1. The van der Waals surface area contributed by atoms with Crippen LogP contribution >= 0.6 is 12.4 Å². The number of benzene rings is 2. The Morgan fingerprint density at radius 1 is 1.00 bits per heavy atom. The van der Waals surface area contributed by atoms with Gasteiger partial charge in [-0.3, -0.25) is 0 Å². The van der Waals surface area contributed by atoms with Crippen molar-refractivity contribution in [3.63, 3.8) is 0 Å². The van der Waals surface area contributed by atoms with Crippen LogP contribution in [-0.4, -0.2) is 58.2 Å². The van der Waals surface area contributed by atoms with E-state index in [0.717, 1.165) is 18.7 Å². The molecule has 5 nitrogen and oxygen atoms in total. The molecule has 27 heavy (non-hydrogen) atoms. The number of piperidine rings is 1. The lowest BCUT2D eigenvalue weighted by Crippen LogP contribution is -2.48. The number of rotatable bonds is 7. The van der Waals surface area contributed by atoms with Crippen molar-refractivity contribution in [2.75, 3.05) is 26.2 Å². The molecule has 1 aliphatic heterocycles. The third-order valence-electron chi connectivity index (χ3n) is 4.91. The van der Waals surface area contributed by atoms with Crippen LogP contribution in [0.4, 0.5) is 0 Å². The molecule has 2 aromatic carbocycles. The molecule has 0 spiro atoms. The summed E-state index contributed by atoms with van der Waals surface area (Å²) in [5, 5.41) is 30.3. The predicted molar refractivity (Wildman–Crippen MR) is 108 cm³/mol. The molecule has 1 saturated heterocycles. The van der Waals surface area contributed by atoms with E-state index in [2.05, 4.69) is 17.0 Å². The summed E-state index contributed by atoms with van der Waals surface area (Å²) in [6.07, 6.45) is 1.49. The number of likely N-dealkylation sites (tertiary alicyclic amines) is 1. The van der Waals surface area contributed by atoms with Crippen LogP contribution in [0.15, 0.2) is 54.6 Å². The average Bonchev–Trinajstić information content (AvgIpc) is 2.64. The van der Waals surface area contributed by atoms with E-state index in [-0.39, 0.29) is 24.8 Å². The number of nitrogens with zero attached hydrogens (tertiary/aromatic N) is 1. The maximum absolute atomic E-state index is 10.8. The molecule has 3 N–H and O–H groups in total. The Kier molecular flexibility index (Phi) is 7.92. The standard InChI is InChI=1S/C21H27NO4.ClH/c23-18-6-8-20(9-7-18)26-16-19(24)15-22-12-10-21(25,11-13-22)14-17-4-2-1-3-5-17;/h1-9,19,23-25H,10-16H2;1H/t19-;/m0./s1. The average molecular weight is 394 g/mol. The number of aromatic hydroxyl groups is 1.